The van der Waals surface area contributed by atoms with Crippen LogP contribution < -0.4 is 0 Å². The van der Waals surface area contributed by atoms with Gasteiger partial charge in [0.05, 0.1) is 0 Å². The monoisotopic (exact) mass is 286 g/mol. The van der Waals surface area contributed by atoms with Gasteiger partial charge in [-0.05, 0) is 77.2 Å². The molecule has 116 valence electrons. The third kappa shape index (κ3) is 3.32. The van der Waals surface area contributed by atoms with Gasteiger partial charge in [-0.3, -0.25) is 4.90 Å². The average Bonchev–Trinajstić information content (AvgIpc) is 2.88. The van der Waals surface area contributed by atoms with Gasteiger partial charge in [-0.15, -0.1) is 0 Å². The van der Waals surface area contributed by atoms with Crippen molar-refractivity contribution >= 4 is 0 Å². The molecule has 0 unspecified atom stereocenters. The minimum Gasteiger partial charge on any atom is -0.306 e. The molecule has 21 heavy (non-hydrogen) atoms. The lowest BCUT2D eigenvalue weighted by molar-refractivity contribution is 0.0923. The van der Waals surface area contributed by atoms with Crippen molar-refractivity contribution in [3.05, 3.63) is 35.9 Å². The van der Waals surface area contributed by atoms with Gasteiger partial charge in [0.15, 0.2) is 0 Å². The molecule has 0 bridgehead atoms. The molecule has 0 aromatic heterocycles. The zero-order valence-corrected chi connectivity index (χ0v) is 13.9. The van der Waals surface area contributed by atoms with Gasteiger partial charge in [-0.2, -0.15) is 0 Å². The third-order valence-corrected chi connectivity index (χ3v) is 5.82. The molecule has 1 aromatic carbocycles. The van der Waals surface area contributed by atoms with Crippen molar-refractivity contribution in [1.82, 2.24) is 9.80 Å². The average molecular weight is 286 g/mol. The molecular weight excluding hydrogens is 256 g/mol. The van der Waals surface area contributed by atoms with E-state index in [1.54, 1.807) is 0 Å². The van der Waals surface area contributed by atoms with Crippen LogP contribution in [0, 0.1) is 5.41 Å². The summed E-state index contributed by atoms with van der Waals surface area (Å²) in [4.78, 5) is 5.24. The summed E-state index contributed by atoms with van der Waals surface area (Å²) in [5, 5.41) is 0. The Bertz CT molecular complexity index is 458. The Morgan fingerprint density at radius 2 is 1.62 bits per heavy atom. The molecule has 0 saturated carbocycles. The molecule has 2 fully saturated rings. The quantitative estimate of drug-likeness (QED) is 0.840. The van der Waals surface area contributed by atoms with Crippen LogP contribution in [0.15, 0.2) is 30.3 Å². The lowest BCUT2D eigenvalue weighted by Gasteiger charge is -2.41. The topological polar surface area (TPSA) is 6.48 Å². The predicted molar refractivity (Wildman–Crippen MR) is 89.6 cm³/mol. The third-order valence-electron chi connectivity index (χ3n) is 5.82. The van der Waals surface area contributed by atoms with Crippen molar-refractivity contribution in [2.24, 2.45) is 5.41 Å². The summed E-state index contributed by atoms with van der Waals surface area (Å²) in [5.41, 5.74) is 2.35. The molecule has 2 aliphatic rings. The molecule has 2 saturated heterocycles. The van der Waals surface area contributed by atoms with E-state index in [0.717, 1.165) is 6.42 Å². The summed E-state index contributed by atoms with van der Waals surface area (Å²) < 4.78 is 0. The van der Waals surface area contributed by atoms with Crippen LogP contribution in [0.25, 0.3) is 0 Å². The maximum absolute atomic E-state index is 2.76. The smallest absolute Gasteiger partial charge is 0.0193 e. The van der Waals surface area contributed by atoms with Crippen molar-refractivity contribution in [3.63, 3.8) is 0 Å². The summed E-state index contributed by atoms with van der Waals surface area (Å²) in [5.74, 6) is 0. The Kier molecular flexibility index (Phi) is 4.11. The first-order valence-electron chi connectivity index (χ1n) is 8.47. The highest BCUT2D eigenvalue weighted by atomic mass is 15.2. The van der Waals surface area contributed by atoms with Gasteiger partial charge in [-0.1, -0.05) is 30.3 Å². The number of rotatable bonds is 3. The molecule has 1 spiro atoms. The van der Waals surface area contributed by atoms with Crippen molar-refractivity contribution < 1.29 is 0 Å². The molecule has 0 aliphatic carbocycles. The van der Waals surface area contributed by atoms with E-state index >= 15 is 0 Å². The minimum absolute atomic E-state index is 0.272. The van der Waals surface area contributed by atoms with Crippen LogP contribution in [0.4, 0.5) is 0 Å². The van der Waals surface area contributed by atoms with E-state index in [2.05, 4.69) is 61.0 Å². The highest BCUT2D eigenvalue weighted by molar-refractivity contribution is 5.17. The Morgan fingerprint density at radius 1 is 1.00 bits per heavy atom. The highest BCUT2D eigenvalue weighted by Crippen LogP contribution is 2.42. The van der Waals surface area contributed by atoms with Crippen LogP contribution in [0.1, 0.15) is 38.7 Å². The van der Waals surface area contributed by atoms with E-state index in [4.69, 9.17) is 0 Å². The van der Waals surface area contributed by atoms with Gasteiger partial charge in [0.1, 0.15) is 0 Å². The fraction of sp³-hybridized carbons (Fsp3) is 0.684. The minimum atomic E-state index is 0.272. The summed E-state index contributed by atoms with van der Waals surface area (Å²) in [6.45, 7) is 10.0. The number of hydrogen-bond acceptors (Lipinski definition) is 2. The molecular formula is C19H30N2. The Labute approximate surface area is 130 Å². The van der Waals surface area contributed by atoms with E-state index in [0.29, 0.717) is 5.41 Å². The van der Waals surface area contributed by atoms with Gasteiger partial charge in [-0.25, -0.2) is 0 Å². The van der Waals surface area contributed by atoms with Gasteiger partial charge < -0.3 is 4.90 Å². The molecule has 0 N–H and O–H groups in total. The fourth-order valence-electron chi connectivity index (χ4n) is 4.16. The zero-order chi connectivity index (χ0) is 14.9. The molecule has 0 radical (unpaired) electrons. The molecule has 0 amide bonds. The van der Waals surface area contributed by atoms with Crippen molar-refractivity contribution in [2.45, 2.75) is 45.1 Å². The summed E-state index contributed by atoms with van der Waals surface area (Å²) in [6.07, 6.45) is 5.34. The number of nitrogens with zero attached hydrogens (tertiary/aromatic N) is 2. The fourth-order valence-corrected chi connectivity index (χ4v) is 4.16. The maximum Gasteiger partial charge on any atom is 0.0193 e. The number of benzene rings is 1. The SMILES string of the molecule is CN1CCC2(CC1)CCN(C(C)(C)Cc1ccccc1)C2. The van der Waals surface area contributed by atoms with Crippen LogP contribution in [-0.4, -0.2) is 48.6 Å². The highest BCUT2D eigenvalue weighted by Gasteiger charge is 2.43. The van der Waals surface area contributed by atoms with E-state index in [1.165, 1.54) is 51.0 Å². The number of piperidine rings is 1. The molecule has 2 aliphatic heterocycles. The Morgan fingerprint density at radius 3 is 2.29 bits per heavy atom. The lowest BCUT2D eigenvalue weighted by Crippen LogP contribution is -2.47. The first kappa shape index (κ1) is 15.1. The molecule has 2 heterocycles. The van der Waals surface area contributed by atoms with E-state index in [1.807, 2.05) is 0 Å². The first-order chi connectivity index (χ1) is 9.99. The second-order valence-corrected chi connectivity index (χ2v) is 7.95. The Balaban J connectivity index is 1.64. The number of likely N-dealkylation sites (tertiary alicyclic amines) is 2. The van der Waals surface area contributed by atoms with Gasteiger partial charge >= 0.3 is 0 Å². The van der Waals surface area contributed by atoms with Gasteiger partial charge in [0, 0.05) is 12.1 Å². The van der Waals surface area contributed by atoms with Crippen molar-refractivity contribution in [2.75, 3.05) is 33.2 Å². The van der Waals surface area contributed by atoms with E-state index in [-0.39, 0.29) is 5.54 Å². The number of hydrogen-bond donors (Lipinski definition) is 0. The van der Waals surface area contributed by atoms with Gasteiger partial charge in [0.25, 0.3) is 0 Å². The molecule has 1 aromatic rings. The Hall–Kier alpha value is -0.860. The van der Waals surface area contributed by atoms with Gasteiger partial charge in [0.2, 0.25) is 0 Å². The van der Waals surface area contributed by atoms with Crippen molar-refractivity contribution in [1.29, 1.82) is 0 Å². The summed E-state index contributed by atoms with van der Waals surface area (Å²) in [6, 6.07) is 11.0. The van der Waals surface area contributed by atoms with E-state index < -0.39 is 0 Å². The second kappa shape index (κ2) is 5.73. The van der Waals surface area contributed by atoms with Crippen LogP contribution >= 0.6 is 0 Å². The van der Waals surface area contributed by atoms with Crippen LogP contribution in [0.5, 0.6) is 0 Å². The van der Waals surface area contributed by atoms with Crippen LogP contribution in [0.3, 0.4) is 0 Å². The predicted octanol–water partition coefficient (Wildman–Crippen LogP) is 3.43. The molecule has 2 nitrogen and oxygen atoms in total. The lowest BCUT2D eigenvalue weighted by atomic mass is 9.77. The zero-order valence-electron chi connectivity index (χ0n) is 13.9. The van der Waals surface area contributed by atoms with E-state index in [9.17, 15) is 0 Å². The first-order valence-corrected chi connectivity index (χ1v) is 8.47. The normalized spacial score (nSPS) is 23.8. The summed E-state index contributed by atoms with van der Waals surface area (Å²) in [7, 11) is 2.26. The molecule has 0 atom stereocenters. The standard InChI is InChI=1S/C19H30N2/c1-18(2,15-17-7-5-4-6-8-17)21-14-11-19(16-21)9-12-20(3)13-10-19/h4-8H,9-16H2,1-3H3. The summed E-state index contributed by atoms with van der Waals surface area (Å²) >= 11 is 0. The van der Waals surface area contributed by atoms with Crippen LogP contribution in [-0.2, 0) is 6.42 Å². The molecule has 2 heteroatoms. The molecule has 3 rings (SSSR count). The maximum atomic E-state index is 2.76. The second-order valence-electron chi connectivity index (χ2n) is 7.95. The van der Waals surface area contributed by atoms with Crippen molar-refractivity contribution in [3.8, 4) is 0 Å². The van der Waals surface area contributed by atoms with Crippen LogP contribution in [0.2, 0.25) is 0 Å². The largest absolute Gasteiger partial charge is 0.306 e.